The minimum Gasteiger partial charge on any atom is -0.280 e. The molecule has 0 N–H and O–H groups in total. The molecule has 0 fully saturated rings. The Morgan fingerprint density at radius 1 is 1.36 bits per heavy atom. The summed E-state index contributed by atoms with van der Waals surface area (Å²) in [6.45, 7) is 0. The lowest BCUT2D eigenvalue weighted by atomic mass is 10.2. The Labute approximate surface area is 85.1 Å². The second-order valence-electron chi connectivity index (χ2n) is 2.34. The third-order valence-corrected chi connectivity index (χ3v) is 1.75. The molecule has 0 amide bonds. The average molecular weight is 212 g/mol. The van der Waals surface area contributed by atoms with Crippen molar-refractivity contribution in [3.8, 4) is 0 Å². The van der Waals surface area contributed by atoms with Crippen LogP contribution in [0.4, 0.5) is 0 Å². The van der Waals surface area contributed by atoms with Crippen molar-refractivity contribution in [2.24, 2.45) is 5.34 Å². The Bertz CT molecular complexity index is 362. The molecule has 1 rings (SSSR count). The second-order valence-corrected chi connectivity index (χ2v) is 2.75. The van der Waals surface area contributed by atoms with Gasteiger partial charge < -0.3 is 0 Å². The Morgan fingerprint density at radius 2 is 2.00 bits per heavy atom. The molecule has 5 heteroatoms. The number of hydrogen-bond acceptors (Lipinski definition) is 4. The van der Waals surface area contributed by atoms with E-state index in [2.05, 4.69) is 4.84 Å². The lowest BCUT2D eigenvalue weighted by molar-refractivity contribution is -0.137. The van der Waals surface area contributed by atoms with Crippen molar-refractivity contribution in [3.05, 3.63) is 46.9 Å². The van der Waals surface area contributed by atoms with Crippen molar-refractivity contribution in [2.45, 2.75) is 0 Å². The first-order valence-corrected chi connectivity index (χ1v) is 4.08. The molecule has 0 aliphatic heterocycles. The molecule has 4 nitrogen and oxygen atoms in total. The fourth-order valence-corrected chi connectivity index (χ4v) is 1.06. The van der Waals surface area contributed by atoms with Gasteiger partial charge in [0.1, 0.15) is 0 Å². The van der Waals surface area contributed by atoms with Crippen LogP contribution in [-0.4, -0.2) is 5.97 Å². The minimum absolute atomic E-state index is 0.194. The highest BCUT2D eigenvalue weighted by Crippen LogP contribution is 2.17. The van der Waals surface area contributed by atoms with Gasteiger partial charge in [0.25, 0.3) is 0 Å². The number of carbonyl (C=O) groups is 1. The van der Waals surface area contributed by atoms with E-state index >= 15 is 0 Å². The van der Waals surface area contributed by atoms with Crippen LogP contribution in [-0.2, 0) is 9.63 Å². The first kappa shape index (κ1) is 10.4. The molecule has 0 aliphatic carbocycles. The van der Waals surface area contributed by atoms with Crippen LogP contribution in [0.2, 0.25) is 0 Å². The largest absolute Gasteiger partial charge is 0.363 e. The van der Waals surface area contributed by atoms with Gasteiger partial charge in [-0.2, -0.15) is 0 Å². The van der Waals surface area contributed by atoms with Crippen LogP contribution in [0.25, 0.3) is 5.03 Å². The fraction of sp³-hybridized carbons (Fsp3) is 0. The summed E-state index contributed by atoms with van der Waals surface area (Å²) < 4.78 is 0. The lowest BCUT2D eigenvalue weighted by Gasteiger charge is -1.96. The lowest BCUT2D eigenvalue weighted by Crippen LogP contribution is -1.93. The summed E-state index contributed by atoms with van der Waals surface area (Å²) in [4.78, 5) is 24.1. The van der Waals surface area contributed by atoms with Gasteiger partial charge in [0, 0.05) is 6.08 Å². The normalized spacial score (nSPS) is 10.8. The molecule has 0 radical (unpaired) electrons. The molecule has 14 heavy (non-hydrogen) atoms. The monoisotopic (exact) mass is 211 g/mol. The predicted octanol–water partition coefficient (Wildman–Crippen LogP) is 2.49. The summed E-state index contributed by atoms with van der Waals surface area (Å²) in [7, 11) is 0. The van der Waals surface area contributed by atoms with Crippen LogP contribution in [0.3, 0.4) is 0 Å². The number of rotatable bonds is 3. The quantitative estimate of drug-likeness (QED) is 0.439. The third-order valence-electron chi connectivity index (χ3n) is 1.42. The zero-order chi connectivity index (χ0) is 10.4. The number of halogens is 1. The fourth-order valence-electron chi connectivity index (χ4n) is 0.847. The molecule has 0 aliphatic rings. The number of nitrogens with zero attached hydrogens (tertiary/aromatic N) is 1. The van der Waals surface area contributed by atoms with E-state index in [4.69, 9.17) is 11.6 Å². The number of carbonyl (C=O) groups excluding carboxylic acids is 1. The van der Waals surface area contributed by atoms with Crippen molar-refractivity contribution in [3.63, 3.8) is 0 Å². The van der Waals surface area contributed by atoms with E-state index in [1.165, 1.54) is 0 Å². The van der Waals surface area contributed by atoms with Crippen molar-refractivity contribution in [1.29, 1.82) is 0 Å². The van der Waals surface area contributed by atoms with Crippen LogP contribution in [0.15, 0.2) is 41.7 Å². The molecule has 0 atom stereocenters. The Balaban J connectivity index is 2.79. The van der Waals surface area contributed by atoms with E-state index in [0.717, 1.165) is 6.08 Å². The topological polar surface area (TPSA) is 55.7 Å². The van der Waals surface area contributed by atoms with Gasteiger partial charge >= 0.3 is 5.97 Å². The van der Waals surface area contributed by atoms with Gasteiger partial charge in [-0.1, -0.05) is 41.9 Å². The van der Waals surface area contributed by atoms with Gasteiger partial charge in [-0.3, -0.25) is 4.84 Å². The standard InChI is InChI=1S/C9H6ClNO3/c10-8(6-9(12)14-11-13)7-4-2-1-3-5-7/h1-6H/b8-6-. The number of benzene rings is 1. The molecular weight excluding hydrogens is 206 g/mol. The number of hydrogen-bond donors (Lipinski definition) is 0. The smallest absolute Gasteiger partial charge is 0.280 e. The van der Waals surface area contributed by atoms with Gasteiger partial charge in [-0.05, 0) is 5.56 Å². The van der Waals surface area contributed by atoms with E-state index in [1.807, 2.05) is 11.4 Å². The van der Waals surface area contributed by atoms with Gasteiger partial charge in [0.2, 0.25) is 0 Å². The van der Waals surface area contributed by atoms with E-state index < -0.39 is 5.97 Å². The molecule has 0 aromatic heterocycles. The molecule has 1 aromatic carbocycles. The molecular formula is C9H6ClNO3. The Hall–Kier alpha value is -1.68. The maximum Gasteiger partial charge on any atom is 0.363 e. The van der Waals surface area contributed by atoms with Crippen molar-refractivity contribution >= 4 is 22.6 Å². The highest BCUT2D eigenvalue weighted by Gasteiger charge is 2.02. The van der Waals surface area contributed by atoms with E-state index in [1.54, 1.807) is 24.3 Å². The summed E-state index contributed by atoms with van der Waals surface area (Å²) >= 11 is 5.75. The molecule has 0 bridgehead atoms. The van der Waals surface area contributed by atoms with E-state index in [9.17, 15) is 9.70 Å². The zero-order valence-corrected chi connectivity index (χ0v) is 7.77. The molecule has 0 heterocycles. The van der Waals surface area contributed by atoms with Gasteiger partial charge in [0.15, 0.2) is 5.34 Å². The predicted molar refractivity (Wildman–Crippen MR) is 52.2 cm³/mol. The summed E-state index contributed by atoms with van der Waals surface area (Å²) in [6.07, 6.45) is 0.984. The molecule has 0 spiro atoms. The Morgan fingerprint density at radius 3 is 2.57 bits per heavy atom. The molecule has 0 unspecified atom stereocenters. The van der Waals surface area contributed by atoms with Crippen LogP contribution < -0.4 is 0 Å². The van der Waals surface area contributed by atoms with Crippen molar-refractivity contribution in [1.82, 2.24) is 0 Å². The van der Waals surface area contributed by atoms with Crippen molar-refractivity contribution < 1.29 is 9.63 Å². The summed E-state index contributed by atoms with van der Waals surface area (Å²) in [5.74, 6) is -0.895. The highest BCUT2D eigenvalue weighted by molar-refractivity contribution is 6.50. The maximum atomic E-state index is 10.7. The molecule has 0 saturated heterocycles. The zero-order valence-electron chi connectivity index (χ0n) is 7.01. The summed E-state index contributed by atoms with van der Waals surface area (Å²) in [5.41, 5.74) is 0.664. The average Bonchev–Trinajstić information content (AvgIpc) is 2.19. The molecule has 0 saturated carbocycles. The van der Waals surface area contributed by atoms with Crippen LogP contribution >= 0.6 is 11.6 Å². The first-order valence-electron chi connectivity index (χ1n) is 3.70. The summed E-state index contributed by atoms with van der Waals surface area (Å²) in [6, 6.07) is 8.81. The van der Waals surface area contributed by atoms with Gasteiger partial charge in [-0.25, -0.2) is 4.79 Å². The third kappa shape index (κ3) is 2.99. The van der Waals surface area contributed by atoms with Gasteiger partial charge in [0.05, 0.1) is 5.03 Å². The van der Waals surface area contributed by atoms with E-state index in [-0.39, 0.29) is 5.03 Å². The molecule has 72 valence electrons. The van der Waals surface area contributed by atoms with Crippen LogP contribution in [0.1, 0.15) is 5.56 Å². The first-order chi connectivity index (χ1) is 6.74. The second kappa shape index (κ2) is 5.14. The Kier molecular flexibility index (Phi) is 3.82. The molecule has 1 aromatic rings. The summed E-state index contributed by atoms with van der Waals surface area (Å²) in [5, 5.41) is 2.17. The van der Waals surface area contributed by atoms with Crippen molar-refractivity contribution in [2.75, 3.05) is 0 Å². The minimum atomic E-state index is -0.895. The SMILES string of the molecule is O=NOC(=O)/C=C(\Cl)c1ccccc1. The van der Waals surface area contributed by atoms with Gasteiger partial charge in [-0.15, -0.1) is 4.91 Å². The maximum absolute atomic E-state index is 10.7. The van der Waals surface area contributed by atoms with Crippen LogP contribution in [0, 0.1) is 4.91 Å². The highest BCUT2D eigenvalue weighted by atomic mass is 35.5. The van der Waals surface area contributed by atoms with E-state index in [0.29, 0.717) is 5.56 Å². The van der Waals surface area contributed by atoms with Crippen LogP contribution in [0.5, 0.6) is 0 Å².